The number of amides is 1. The fraction of sp³-hybridized carbons (Fsp3) is 0.346. The third kappa shape index (κ3) is 6.57. The van der Waals surface area contributed by atoms with Crippen molar-refractivity contribution in [2.45, 2.75) is 37.9 Å². The quantitative estimate of drug-likeness (QED) is 0.256. The van der Waals surface area contributed by atoms with E-state index in [9.17, 15) is 4.79 Å². The van der Waals surface area contributed by atoms with Gasteiger partial charge in [0, 0.05) is 17.8 Å². The number of benzene rings is 2. The predicted octanol–water partition coefficient (Wildman–Crippen LogP) is 5.23. The van der Waals surface area contributed by atoms with Crippen molar-refractivity contribution in [1.82, 2.24) is 14.8 Å². The highest BCUT2D eigenvalue weighted by atomic mass is 32.2. The highest BCUT2D eigenvalue weighted by molar-refractivity contribution is 7.99. The van der Waals surface area contributed by atoms with Crippen LogP contribution in [0.1, 0.15) is 25.3 Å². The summed E-state index contributed by atoms with van der Waals surface area (Å²) in [6.07, 6.45) is 5.13. The van der Waals surface area contributed by atoms with Crippen molar-refractivity contribution in [2.75, 3.05) is 32.4 Å². The lowest BCUT2D eigenvalue weighted by molar-refractivity contribution is -0.113. The second-order valence-corrected chi connectivity index (χ2v) is 8.70. The van der Waals surface area contributed by atoms with E-state index in [2.05, 4.69) is 41.1 Å². The van der Waals surface area contributed by atoms with Crippen molar-refractivity contribution < 1.29 is 19.0 Å². The van der Waals surface area contributed by atoms with E-state index < -0.39 is 0 Å². The highest BCUT2D eigenvalue weighted by Gasteiger charge is 2.20. The molecule has 0 saturated heterocycles. The molecule has 1 heterocycles. The summed E-state index contributed by atoms with van der Waals surface area (Å²) in [6.45, 7) is 6.50. The molecule has 0 atom stereocenters. The van der Waals surface area contributed by atoms with Gasteiger partial charge in [-0.25, -0.2) is 0 Å². The Morgan fingerprint density at radius 1 is 1.09 bits per heavy atom. The number of aromatic nitrogens is 3. The molecule has 3 aromatic rings. The number of ether oxygens (including phenoxy) is 3. The molecular weight excluding hydrogens is 464 g/mol. The molecule has 0 saturated carbocycles. The van der Waals surface area contributed by atoms with Gasteiger partial charge in [0.1, 0.15) is 0 Å². The number of carbonyl (C=O) groups is 1. The van der Waals surface area contributed by atoms with Gasteiger partial charge < -0.3 is 19.5 Å². The fourth-order valence-corrected chi connectivity index (χ4v) is 4.32. The maximum atomic E-state index is 12.6. The highest BCUT2D eigenvalue weighted by Crippen LogP contribution is 2.41. The van der Waals surface area contributed by atoms with Gasteiger partial charge in [-0.05, 0) is 42.7 Å². The van der Waals surface area contributed by atoms with Gasteiger partial charge in [-0.2, -0.15) is 0 Å². The minimum atomic E-state index is -0.112. The molecule has 2 aromatic carbocycles. The van der Waals surface area contributed by atoms with Crippen LogP contribution in [0.15, 0.2) is 54.2 Å². The van der Waals surface area contributed by atoms with E-state index in [1.165, 1.54) is 17.3 Å². The van der Waals surface area contributed by atoms with Gasteiger partial charge in [0.15, 0.2) is 22.5 Å². The third-order valence-corrected chi connectivity index (χ3v) is 6.31. The summed E-state index contributed by atoms with van der Waals surface area (Å²) in [5.74, 6) is 2.22. The number of thioether (sulfide) groups is 1. The first-order valence-corrected chi connectivity index (χ1v) is 12.4. The Labute approximate surface area is 210 Å². The van der Waals surface area contributed by atoms with Gasteiger partial charge in [-0.1, -0.05) is 43.3 Å². The zero-order valence-corrected chi connectivity index (χ0v) is 21.5. The first-order chi connectivity index (χ1) is 17.0. The zero-order valence-electron chi connectivity index (χ0n) is 20.7. The number of rotatable bonds is 13. The van der Waals surface area contributed by atoms with Crippen molar-refractivity contribution >= 4 is 23.4 Å². The van der Waals surface area contributed by atoms with Crippen LogP contribution in [0.5, 0.6) is 17.2 Å². The van der Waals surface area contributed by atoms with Crippen molar-refractivity contribution in [3.05, 3.63) is 54.6 Å². The minimum Gasteiger partial charge on any atom is -0.493 e. The van der Waals surface area contributed by atoms with Gasteiger partial charge in [0.05, 0.1) is 27.1 Å². The first kappa shape index (κ1) is 26.2. The van der Waals surface area contributed by atoms with Crippen LogP contribution >= 0.6 is 11.8 Å². The van der Waals surface area contributed by atoms with E-state index in [1.807, 2.05) is 28.8 Å². The molecule has 0 aliphatic rings. The first-order valence-electron chi connectivity index (χ1n) is 11.4. The summed E-state index contributed by atoms with van der Waals surface area (Å²) in [6, 6.07) is 11.6. The van der Waals surface area contributed by atoms with Gasteiger partial charge in [-0.3, -0.25) is 9.36 Å². The molecule has 0 spiro atoms. The smallest absolute Gasteiger partial charge is 0.234 e. The molecule has 0 unspecified atom stereocenters. The molecule has 35 heavy (non-hydrogen) atoms. The standard InChI is InChI=1S/C26H32N4O4S/c1-6-8-9-18-10-12-20(13-11-18)27-23(31)17-35-26-29-28-25(30(26)14-7-2)19-15-21(32-3)24(34-5)22(16-19)33-4/h7,10-13,15-16H,2,6,8-9,14,17H2,1,3-5H3,(H,27,31). The van der Waals surface area contributed by atoms with Crippen molar-refractivity contribution in [3.63, 3.8) is 0 Å². The van der Waals surface area contributed by atoms with E-state index in [-0.39, 0.29) is 11.7 Å². The van der Waals surface area contributed by atoms with Gasteiger partial charge >= 0.3 is 0 Å². The number of carbonyl (C=O) groups excluding carboxylic acids is 1. The molecular formula is C26H32N4O4S. The number of nitrogens with one attached hydrogen (secondary N) is 1. The number of hydrogen-bond acceptors (Lipinski definition) is 7. The molecule has 0 bridgehead atoms. The maximum absolute atomic E-state index is 12.6. The van der Waals surface area contributed by atoms with E-state index in [1.54, 1.807) is 27.4 Å². The topological polar surface area (TPSA) is 87.5 Å². The Hall–Kier alpha value is -3.46. The SMILES string of the molecule is C=CCn1c(SCC(=O)Nc2ccc(CCCC)cc2)nnc1-c1cc(OC)c(OC)c(OC)c1. The second-order valence-electron chi connectivity index (χ2n) is 7.76. The maximum Gasteiger partial charge on any atom is 0.234 e. The van der Waals surface area contributed by atoms with E-state index in [0.717, 1.165) is 30.5 Å². The zero-order chi connectivity index (χ0) is 25.2. The minimum absolute atomic E-state index is 0.112. The van der Waals surface area contributed by atoms with Gasteiger partial charge in [-0.15, -0.1) is 16.8 Å². The molecule has 0 radical (unpaired) electrons. The van der Waals surface area contributed by atoms with Crippen molar-refractivity contribution in [2.24, 2.45) is 0 Å². The summed E-state index contributed by atoms with van der Waals surface area (Å²) >= 11 is 1.31. The van der Waals surface area contributed by atoms with Crippen molar-refractivity contribution in [3.8, 4) is 28.6 Å². The summed E-state index contributed by atoms with van der Waals surface area (Å²) in [5, 5.41) is 12.2. The molecule has 0 aliphatic heterocycles. The number of methoxy groups -OCH3 is 3. The molecule has 0 fully saturated rings. The second kappa shape index (κ2) is 12.9. The lowest BCUT2D eigenvalue weighted by Gasteiger charge is -2.14. The summed E-state index contributed by atoms with van der Waals surface area (Å²) in [5.41, 5.74) is 2.80. The van der Waals surface area contributed by atoms with Crippen LogP contribution in [-0.4, -0.2) is 47.8 Å². The van der Waals surface area contributed by atoms with Gasteiger partial charge in [0.25, 0.3) is 0 Å². The van der Waals surface area contributed by atoms with Crippen LogP contribution in [-0.2, 0) is 17.8 Å². The largest absolute Gasteiger partial charge is 0.493 e. The Morgan fingerprint density at radius 3 is 2.34 bits per heavy atom. The summed E-state index contributed by atoms with van der Waals surface area (Å²) in [4.78, 5) is 12.6. The molecule has 1 N–H and O–H groups in total. The Kier molecular flexibility index (Phi) is 9.60. The van der Waals surface area contributed by atoms with Gasteiger partial charge in [0.2, 0.25) is 11.7 Å². The number of unbranched alkanes of at least 4 members (excludes halogenated alkanes) is 1. The van der Waals surface area contributed by atoms with Crippen LogP contribution in [0.2, 0.25) is 0 Å². The average molecular weight is 497 g/mol. The molecule has 1 amide bonds. The number of allylic oxidation sites excluding steroid dienone is 1. The van der Waals surface area contributed by atoms with Crippen LogP contribution in [0.4, 0.5) is 5.69 Å². The molecule has 1 aromatic heterocycles. The molecule has 0 aliphatic carbocycles. The van der Waals surface area contributed by atoms with E-state index in [4.69, 9.17) is 14.2 Å². The molecule has 9 heteroatoms. The van der Waals surface area contributed by atoms with Crippen LogP contribution < -0.4 is 19.5 Å². The summed E-state index contributed by atoms with van der Waals surface area (Å²) < 4.78 is 18.2. The monoisotopic (exact) mass is 496 g/mol. The van der Waals surface area contributed by atoms with Crippen LogP contribution in [0, 0.1) is 0 Å². The Balaban J connectivity index is 1.74. The Bertz CT molecular complexity index is 1120. The number of hydrogen-bond donors (Lipinski definition) is 1. The van der Waals surface area contributed by atoms with Crippen LogP contribution in [0.25, 0.3) is 11.4 Å². The number of aryl methyl sites for hydroxylation is 1. The molecule has 8 nitrogen and oxygen atoms in total. The average Bonchev–Trinajstić information content (AvgIpc) is 3.28. The third-order valence-electron chi connectivity index (χ3n) is 5.34. The number of anilines is 1. The number of nitrogens with zero attached hydrogens (tertiary/aromatic N) is 3. The Morgan fingerprint density at radius 2 is 1.77 bits per heavy atom. The predicted molar refractivity (Wildman–Crippen MR) is 140 cm³/mol. The molecule has 3 rings (SSSR count). The lowest BCUT2D eigenvalue weighted by Crippen LogP contribution is -2.14. The van der Waals surface area contributed by atoms with Crippen LogP contribution in [0.3, 0.4) is 0 Å². The summed E-state index contributed by atoms with van der Waals surface area (Å²) in [7, 11) is 4.68. The van der Waals surface area contributed by atoms with E-state index >= 15 is 0 Å². The van der Waals surface area contributed by atoms with E-state index in [0.29, 0.717) is 34.8 Å². The fourth-order valence-electron chi connectivity index (χ4n) is 3.58. The lowest BCUT2D eigenvalue weighted by atomic mass is 10.1. The molecule has 186 valence electrons. The van der Waals surface area contributed by atoms with Crippen molar-refractivity contribution in [1.29, 1.82) is 0 Å². The normalized spacial score (nSPS) is 10.6.